The Morgan fingerprint density at radius 3 is 2.80 bits per heavy atom. The van der Waals surface area contributed by atoms with E-state index in [1.54, 1.807) is 4.72 Å². The van der Waals surface area contributed by atoms with Gasteiger partial charge in [0.2, 0.25) is 0 Å². The van der Waals surface area contributed by atoms with Crippen LogP contribution in [0.3, 0.4) is 0 Å². The minimum absolute atomic E-state index is 0.318. The molecule has 1 saturated heterocycles. The molecular formula is C11H12FN3O4S. The largest absolute Gasteiger partial charge is 0.506 e. The molecule has 0 atom stereocenters. The zero-order valence-corrected chi connectivity index (χ0v) is 11.1. The third kappa shape index (κ3) is 1.85. The van der Waals surface area contributed by atoms with Gasteiger partial charge < -0.3 is 10.4 Å². The zero-order valence-electron chi connectivity index (χ0n) is 10.3. The second-order valence-corrected chi connectivity index (χ2v) is 6.25. The fraction of sp³-hybridized carbons (Fsp3) is 0.364. The second kappa shape index (κ2) is 4.23. The summed E-state index contributed by atoms with van der Waals surface area (Å²) in [5, 5.41) is 12.8. The molecule has 0 aromatic heterocycles. The Balaban J connectivity index is 2.17. The normalized spacial score (nSPS) is 20.2. The van der Waals surface area contributed by atoms with Crippen LogP contribution < -0.4 is 14.3 Å². The van der Waals surface area contributed by atoms with Crippen molar-refractivity contribution in [3.05, 3.63) is 17.4 Å². The molecule has 0 bridgehead atoms. The van der Waals surface area contributed by atoms with Gasteiger partial charge in [-0.25, -0.2) is 13.4 Å². The van der Waals surface area contributed by atoms with E-state index in [9.17, 15) is 22.7 Å². The number of nitrogens with one attached hydrogen (secondary N) is 2. The van der Waals surface area contributed by atoms with Gasteiger partial charge in [-0.2, -0.15) is 8.42 Å². The first-order chi connectivity index (χ1) is 9.40. The van der Waals surface area contributed by atoms with Crippen molar-refractivity contribution >= 4 is 27.5 Å². The maximum Gasteiger partial charge on any atom is 0.326 e. The summed E-state index contributed by atoms with van der Waals surface area (Å²) in [7, 11) is -4.15. The number of aromatic hydroxyl groups is 1. The van der Waals surface area contributed by atoms with Gasteiger partial charge in [-0.05, 0) is 12.8 Å². The van der Waals surface area contributed by atoms with Crippen LogP contribution >= 0.6 is 0 Å². The molecule has 1 amide bonds. The van der Waals surface area contributed by atoms with Gasteiger partial charge in [-0.3, -0.25) is 4.79 Å². The third-order valence-electron chi connectivity index (χ3n) is 3.31. The van der Waals surface area contributed by atoms with Crippen molar-refractivity contribution < 1.29 is 22.7 Å². The van der Waals surface area contributed by atoms with Gasteiger partial charge in [-0.1, -0.05) is 0 Å². The highest BCUT2D eigenvalue weighted by atomic mass is 32.2. The van der Waals surface area contributed by atoms with Crippen LogP contribution in [0.25, 0.3) is 0 Å². The summed E-state index contributed by atoms with van der Waals surface area (Å²) in [6, 6.07) is 1.28. The van der Waals surface area contributed by atoms with E-state index in [0.717, 1.165) is 0 Å². The first-order valence-electron chi connectivity index (χ1n) is 6.01. The number of carbonyl (C=O) groups excluding carboxylic acids is 1. The van der Waals surface area contributed by atoms with Gasteiger partial charge in [0.05, 0.1) is 0 Å². The second-order valence-electron chi connectivity index (χ2n) is 4.65. The van der Waals surface area contributed by atoms with Crippen LogP contribution in [-0.4, -0.2) is 32.5 Å². The molecule has 1 aromatic rings. The molecule has 9 heteroatoms. The Morgan fingerprint density at radius 1 is 1.40 bits per heavy atom. The van der Waals surface area contributed by atoms with E-state index in [1.165, 1.54) is 6.07 Å². The molecule has 108 valence electrons. The summed E-state index contributed by atoms with van der Waals surface area (Å²) in [5.74, 6) is -2.09. The molecule has 7 nitrogen and oxygen atoms in total. The zero-order chi connectivity index (χ0) is 14.5. The Kier molecular flexibility index (Phi) is 2.75. The van der Waals surface area contributed by atoms with Gasteiger partial charge >= 0.3 is 10.2 Å². The van der Waals surface area contributed by atoms with Crippen LogP contribution in [0.2, 0.25) is 0 Å². The Labute approximate surface area is 114 Å². The summed E-state index contributed by atoms with van der Waals surface area (Å²) in [6.07, 6.45) is 1.15. The fourth-order valence-electron chi connectivity index (χ4n) is 2.44. The minimum Gasteiger partial charge on any atom is -0.506 e. The van der Waals surface area contributed by atoms with Crippen LogP contribution in [0.1, 0.15) is 12.0 Å². The highest BCUT2D eigenvalue weighted by Crippen LogP contribution is 2.40. The molecule has 2 aliphatic rings. The van der Waals surface area contributed by atoms with Crippen molar-refractivity contribution in [3.8, 4) is 5.75 Å². The van der Waals surface area contributed by atoms with Crippen LogP contribution in [0.4, 0.5) is 15.8 Å². The van der Waals surface area contributed by atoms with Crippen molar-refractivity contribution in [3.63, 3.8) is 0 Å². The van der Waals surface area contributed by atoms with Crippen LogP contribution in [0, 0.1) is 5.82 Å². The number of fused-ring (bicyclic) bond motifs is 1. The lowest BCUT2D eigenvalue weighted by Gasteiger charge is -2.24. The lowest BCUT2D eigenvalue weighted by molar-refractivity contribution is -0.117. The monoisotopic (exact) mass is 301 g/mol. The van der Waals surface area contributed by atoms with E-state index in [4.69, 9.17) is 0 Å². The number of nitrogens with zero attached hydrogens (tertiary/aromatic N) is 1. The number of rotatable bonds is 1. The SMILES string of the molecule is O=C1CN(c2c(O)cc3c(c2F)CCCN3)S(=O)(=O)N1. The summed E-state index contributed by atoms with van der Waals surface area (Å²) in [6.45, 7) is 0.117. The number of anilines is 2. The summed E-state index contributed by atoms with van der Waals surface area (Å²) in [5.41, 5.74) is 0.287. The fourth-order valence-corrected chi connectivity index (χ4v) is 3.60. The van der Waals surface area contributed by atoms with Gasteiger partial charge in [0.15, 0.2) is 5.82 Å². The predicted molar refractivity (Wildman–Crippen MR) is 69.3 cm³/mol. The molecule has 1 fully saturated rings. The van der Waals surface area contributed by atoms with E-state index in [0.29, 0.717) is 34.9 Å². The topological polar surface area (TPSA) is 98.7 Å². The number of benzene rings is 1. The highest BCUT2D eigenvalue weighted by Gasteiger charge is 2.38. The standard InChI is InChI=1S/C11H12FN3O4S/c12-10-6-2-1-3-13-7(6)4-8(16)11(10)15-5-9(17)14-20(15,18)19/h4,13,16H,1-3,5H2,(H,14,17). The first-order valence-corrected chi connectivity index (χ1v) is 7.45. The molecule has 20 heavy (non-hydrogen) atoms. The Bertz CT molecular complexity index is 704. The molecular weight excluding hydrogens is 289 g/mol. The number of hydrogen-bond acceptors (Lipinski definition) is 5. The molecule has 3 rings (SSSR count). The van der Waals surface area contributed by atoms with Gasteiger partial charge in [0.1, 0.15) is 18.0 Å². The number of amides is 1. The number of carbonyl (C=O) groups is 1. The van der Waals surface area contributed by atoms with Crippen LogP contribution in [-0.2, 0) is 21.4 Å². The van der Waals surface area contributed by atoms with Crippen molar-refractivity contribution in [1.29, 1.82) is 0 Å². The van der Waals surface area contributed by atoms with E-state index >= 15 is 0 Å². The highest BCUT2D eigenvalue weighted by molar-refractivity contribution is 7.92. The molecule has 0 unspecified atom stereocenters. The lowest BCUT2D eigenvalue weighted by atomic mass is 10.0. The number of hydrogen-bond donors (Lipinski definition) is 3. The quantitative estimate of drug-likeness (QED) is 0.682. The molecule has 0 aliphatic carbocycles. The average Bonchev–Trinajstić information content (AvgIpc) is 2.63. The van der Waals surface area contributed by atoms with E-state index in [-0.39, 0.29) is 0 Å². The molecule has 0 radical (unpaired) electrons. The molecule has 0 spiro atoms. The van der Waals surface area contributed by atoms with E-state index in [1.807, 2.05) is 0 Å². The Hall–Kier alpha value is -2.03. The summed E-state index contributed by atoms with van der Waals surface area (Å²) < 4.78 is 40.3. The van der Waals surface area contributed by atoms with Crippen molar-refractivity contribution in [1.82, 2.24) is 4.72 Å². The third-order valence-corrected chi connectivity index (χ3v) is 4.69. The molecule has 0 saturated carbocycles. The predicted octanol–water partition coefficient (Wildman–Crippen LogP) is 0.0704. The average molecular weight is 301 g/mol. The van der Waals surface area contributed by atoms with Gasteiger partial charge in [0, 0.05) is 23.9 Å². The minimum atomic E-state index is -4.15. The number of halogens is 1. The van der Waals surface area contributed by atoms with Gasteiger partial charge in [0.25, 0.3) is 5.91 Å². The smallest absolute Gasteiger partial charge is 0.326 e. The summed E-state index contributed by atoms with van der Waals surface area (Å²) >= 11 is 0. The van der Waals surface area contributed by atoms with Gasteiger partial charge in [-0.15, -0.1) is 0 Å². The molecule has 2 heterocycles. The van der Waals surface area contributed by atoms with E-state index in [2.05, 4.69) is 5.32 Å². The molecule has 1 aromatic carbocycles. The first kappa shape index (κ1) is 13.0. The lowest BCUT2D eigenvalue weighted by Crippen LogP contribution is -2.30. The van der Waals surface area contributed by atoms with E-state index < -0.39 is 39.9 Å². The Morgan fingerprint density at radius 2 is 2.15 bits per heavy atom. The van der Waals surface area contributed by atoms with Crippen LogP contribution in [0.5, 0.6) is 5.75 Å². The maximum atomic E-state index is 14.5. The molecule has 2 aliphatic heterocycles. The summed E-state index contributed by atoms with van der Waals surface area (Å²) in [4.78, 5) is 11.2. The molecule has 3 N–H and O–H groups in total. The van der Waals surface area contributed by atoms with Crippen molar-refractivity contribution in [2.45, 2.75) is 12.8 Å². The van der Waals surface area contributed by atoms with Crippen LogP contribution in [0.15, 0.2) is 6.07 Å². The number of phenols is 1. The van der Waals surface area contributed by atoms with Crippen molar-refractivity contribution in [2.24, 2.45) is 0 Å². The maximum absolute atomic E-state index is 14.5. The van der Waals surface area contributed by atoms with Crippen molar-refractivity contribution in [2.75, 3.05) is 22.7 Å². The number of phenolic OH excluding ortho intramolecular Hbond substituents is 1.